The van der Waals surface area contributed by atoms with Crippen molar-refractivity contribution in [2.75, 3.05) is 12.4 Å². The van der Waals surface area contributed by atoms with E-state index in [0.717, 1.165) is 52.2 Å². The van der Waals surface area contributed by atoms with Crippen molar-refractivity contribution in [2.24, 2.45) is 0 Å². The van der Waals surface area contributed by atoms with Gasteiger partial charge in [0.05, 0.1) is 18.2 Å². The average molecular weight is 427 g/mol. The predicted molar refractivity (Wildman–Crippen MR) is 124 cm³/mol. The molecule has 162 valence electrons. The van der Waals surface area contributed by atoms with Gasteiger partial charge >= 0.3 is 0 Å². The zero-order chi connectivity index (χ0) is 21.9. The SMILES string of the molecule is CNc1cc([C@@H](Cc2c[nH]c3ccccc23)NC(=O)Cc2cccnc2)nc(C2CC2)n1. The van der Waals surface area contributed by atoms with Crippen LogP contribution in [0.1, 0.15) is 47.4 Å². The van der Waals surface area contributed by atoms with Crippen molar-refractivity contribution >= 4 is 22.6 Å². The van der Waals surface area contributed by atoms with Crippen LogP contribution in [0.15, 0.2) is 61.1 Å². The number of amides is 1. The molecule has 0 bridgehead atoms. The van der Waals surface area contributed by atoms with Gasteiger partial charge in [-0.15, -0.1) is 0 Å². The van der Waals surface area contributed by atoms with Gasteiger partial charge in [-0.3, -0.25) is 9.78 Å². The van der Waals surface area contributed by atoms with Crippen LogP contribution in [-0.2, 0) is 17.6 Å². The second-order valence-electron chi connectivity index (χ2n) is 8.28. The number of hydrogen-bond acceptors (Lipinski definition) is 5. The largest absolute Gasteiger partial charge is 0.373 e. The fourth-order valence-corrected chi connectivity index (χ4v) is 4.00. The third-order valence-electron chi connectivity index (χ3n) is 5.84. The monoisotopic (exact) mass is 426 g/mol. The van der Waals surface area contributed by atoms with E-state index in [1.165, 1.54) is 0 Å². The molecule has 3 N–H and O–H groups in total. The van der Waals surface area contributed by atoms with Gasteiger partial charge in [0.15, 0.2) is 0 Å². The molecule has 0 spiro atoms. The Kier molecular flexibility index (Phi) is 5.54. The molecule has 0 aliphatic heterocycles. The summed E-state index contributed by atoms with van der Waals surface area (Å²) in [6, 6.07) is 13.6. The molecular formula is C25H26N6O. The number of aromatic nitrogens is 4. The third kappa shape index (κ3) is 4.46. The van der Waals surface area contributed by atoms with E-state index in [9.17, 15) is 4.79 Å². The topological polar surface area (TPSA) is 95.6 Å². The van der Waals surface area contributed by atoms with Crippen LogP contribution in [0.2, 0.25) is 0 Å². The molecule has 1 aliphatic carbocycles. The predicted octanol–water partition coefficient (Wildman–Crippen LogP) is 3.91. The van der Waals surface area contributed by atoms with Crippen molar-refractivity contribution in [1.82, 2.24) is 25.3 Å². The van der Waals surface area contributed by atoms with Crippen molar-refractivity contribution in [2.45, 2.75) is 37.6 Å². The maximum atomic E-state index is 13.0. The highest BCUT2D eigenvalue weighted by Gasteiger charge is 2.29. The van der Waals surface area contributed by atoms with E-state index in [4.69, 9.17) is 4.98 Å². The van der Waals surface area contributed by atoms with Crippen molar-refractivity contribution < 1.29 is 4.79 Å². The Morgan fingerprint density at radius 1 is 1.19 bits per heavy atom. The number of carbonyl (C=O) groups excluding carboxylic acids is 1. The average Bonchev–Trinajstić information content (AvgIpc) is 3.60. The fourth-order valence-electron chi connectivity index (χ4n) is 4.00. The molecule has 1 aromatic carbocycles. The van der Waals surface area contributed by atoms with E-state index >= 15 is 0 Å². The number of para-hydroxylation sites is 1. The third-order valence-corrected chi connectivity index (χ3v) is 5.84. The molecule has 3 aromatic heterocycles. The van der Waals surface area contributed by atoms with Crippen LogP contribution >= 0.6 is 0 Å². The second kappa shape index (κ2) is 8.78. The Bertz CT molecular complexity index is 1230. The highest BCUT2D eigenvalue weighted by atomic mass is 16.1. The van der Waals surface area contributed by atoms with Crippen molar-refractivity contribution in [1.29, 1.82) is 0 Å². The Balaban J connectivity index is 1.47. The second-order valence-corrected chi connectivity index (χ2v) is 8.28. The number of benzene rings is 1. The smallest absolute Gasteiger partial charge is 0.225 e. The Morgan fingerprint density at radius 3 is 2.84 bits per heavy atom. The fraction of sp³-hybridized carbons (Fsp3) is 0.280. The van der Waals surface area contributed by atoms with Gasteiger partial charge in [0, 0.05) is 54.9 Å². The number of H-pyrrole nitrogens is 1. The number of fused-ring (bicyclic) bond motifs is 1. The minimum atomic E-state index is -0.272. The van der Waals surface area contributed by atoms with Gasteiger partial charge in [0.1, 0.15) is 11.6 Å². The summed E-state index contributed by atoms with van der Waals surface area (Å²) < 4.78 is 0. The van der Waals surface area contributed by atoms with Crippen LogP contribution < -0.4 is 10.6 Å². The molecule has 5 rings (SSSR count). The van der Waals surface area contributed by atoms with Crippen LogP contribution in [0.5, 0.6) is 0 Å². The van der Waals surface area contributed by atoms with E-state index in [0.29, 0.717) is 12.3 Å². The molecule has 7 nitrogen and oxygen atoms in total. The molecule has 1 aliphatic rings. The summed E-state index contributed by atoms with van der Waals surface area (Å²) in [5.74, 6) is 2.00. The van der Waals surface area contributed by atoms with Crippen molar-refractivity contribution in [3.8, 4) is 0 Å². The van der Waals surface area contributed by atoms with E-state index in [1.807, 2.05) is 43.6 Å². The quantitative estimate of drug-likeness (QED) is 0.397. The first-order valence-corrected chi connectivity index (χ1v) is 11.0. The summed E-state index contributed by atoms with van der Waals surface area (Å²) in [4.78, 5) is 29.9. The molecule has 1 amide bonds. The minimum Gasteiger partial charge on any atom is -0.373 e. The molecule has 7 heteroatoms. The molecule has 4 aromatic rings. The lowest BCUT2D eigenvalue weighted by Gasteiger charge is -2.20. The van der Waals surface area contributed by atoms with E-state index in [2.05, 4.69) is 37.7 Å². The summed E-state index contributed by atoms with van der Waals surface area (Å²) in [6.07, 6.45) is 8.60. The van der Waals surface area contributed by atoms with Crippen molar-refractivity contribution in [3.05, 3.63) is 83.7 Å². The van der Waals surface area contributed by atoms with Gasteiger partial charge in [-0.1, -0.05) is 24.3 Å². The van der Waals surface area contributed by atoms with Gasteiger partial charge < -0.3 is 15.6 Å². The molecular weight excluding hydrogens is 400 g/mol. The number of rotatable bonds is 8. The molecule has 3 heterocycles. The van der Waals surface area contributed by atoms with Crippen LogP contribution in [0, 0.1) is 0 Å². The van der Waals surface area contributed by atoms with Gasteiger partial charge in [-0.2, -0.15) is 0 Å². The standard InChI is InChI=1S/C25H26N6O/c1-26-23-13-22(30-25(31-23)17-8-9-17)21(29-24(32)11-16-5-4-10-27-14-16)12-18-15-28-20-7-3-2-6-19(18)20/h2-7,10,13-15,17,21,28H,8-9,11-12H2,1H3,(H,29,32)(H,26,30,31)/t21-/m1/s1. The maximum absolute atomic E-state index is 13.0. The van der Waals surface area contributed by atoms with Crippen LogP contribution in [0.3, 0.4) is 0 Å². The number of pyridine rings is 1. The number of nitrogens with zero attached hydrogens (tertiary/aromatic N) is 3. The number of hydrogen-bond donors (Lipinski definition) is 3. The Labute approximate surface area is 186 Å². The molecule has 1 atom stereocenters. The lowest BCUT2D eigenvalue weighted by molar-refractivity contribution is -0.121. The Morgan fingerprint density at radius 2 is 2.06 bits per heavy atom. The van der Waals surface area contributed by atoms with Crippen LogP contribution in [0.25, 0.3) is 10.9 Å². The molecule has 32 heavy (non-hydrogen) atoms. The molecule has 0 unspecified atom stereocenters. The van der Waals surface area contributed by atoms with Gasteiger partial charge in [-0.25, -0.2) is 9.97 Å². The molecule has 1 fully saturated rings. The van der Waals surface area contributed by atoms with Crippen molar-refractivity contribution in [3.63, 3.8) is 0 Å². The molecule has 0 radical (unpaired) electrons. The highest BCUT2D eigenvalue weighted by molar-refractivity contribution is 5.83. The minimum absolute atomic E-state index is 0.0552. The van der Waals surface area contributed by atoms with Gasteiger partial charge in [0.2, 0.25) is 5.91 Å². The van der Waals surface area contributed by atoms with Crippen LogP contribution in [-0.4, -0.2) is 32.9 Å². The molecule has 1 saturated carbocycles. The number of carbonyl (C=O) groups is 1. The highest BCUT2D eigenvalue weighted by Crippen LogP contribution is 2.39. The van der Waals surface area contributed by atoms with E-state index < -0.39 is 0 Å². The number of nitrogens with one attached hydrogen (secondary N) is 3. The Hall–Kier alpha value is -3.74. The number of anilines is 1. The van der Waals surface area contributed by atoms with E-state index in [1.54, 1.807) is 12.4 Å². The zero-order valence-corrected chi connectivity index (χ0v) is 18.0. The first-order valence-electron chi connectivity index (χ1n) is 11.0. The maximum Gasteiger partial charge on any atom is 0.225 e. The molecule has 0 saturated heterocycles. The first kappa shape index (κ1) is 20.2. The lowest BCUT2D eigenvalue weighted by Crippen LogP contribution is -2.32. The first-order chi connectivity index (χ1) is 15.7. The number of aromatic amines is 1. The normalized spacial score (nSPS) is 14.3. The summed E-state index contributed by atoms with van der Waals surface area (Å²) in [7, 11) is 1.86. The summed E-state index contributed by atoms with van der Waals surface area (Å²) >= 11 is 0. The van der Waals surface area contributed by atoms with Gasteiger partial charge in [0.25, 0.3) is 0 Å². The lowest BCUT2D eigenvalue weighted by atomic mass is 10.0. The summed E-state index contributed by atoms with van der Waals surface area (Å²) in [5, 5.41) is 7.53. The summed E-state index contributed by atoms with van der Waals surface area (Å²) in [5.41, 5.74) is 3.94. The van der Waals surface area contributed by atoms with Crippen LogP contribution in [0.4, 0.5) is 5.82 Å². The summed E-state index contributed by atoms with van der Waals surface area (Å²) in [6.45, 7) is 0. The zero-order valence-electron chi connectivity index (χ0n) is 18.0. The van der Waals surface area contributed by atoms with E-state index in [-0.39, 0.29) is 18.4 Å². The van der Waals surface area contributed by atoms with Gasteiger partial charge in [-0.05, 0) is 36.1 Å².